The number of carbonyl (C=O) groups is 3. The SMILES string of the molecule is COc1cc(CC(=O)CNCC2=NC(CC(N)C(=O)O)C(C)O2)ccc1NC(=O)Nc1ccccc1C. The van der Waals surface area contributed by atoms with Crippen molar-refractivity contribution in [2.45, 2.75) is 44.9 Å². The number of benzene rings is 2. The molecule has 0 aromatic heterocycles. The molecule has 3 rings (SSSR count). The molecule has 0 fully saturated rings. The number of anilines is 2. The van der Waals surface area contributed by atoms with Crippen molar-refractivity contribution in [1.29, 1.82) is 0 Å². The summed E-state index contributed by atoms with van der Waals surface area (Å²) in [5.41, 5.74) is 8.45. The number of rotatable bonds is 12. The fraction of sp³-hybridized carbons (Fsp3) is 0.385. The maximum Gasteiger partial charge on any atom is 0.323 e. The molecule has 0 saturated heterocycles. The molecule has 2 aromatic rings. The first-order valence-corrected chi connectivity index (χ1v) is 11.9. The average molecular weight is 512 g/mol. The molecule has 11 heteroatoms. The zero-order valence-corrected chi connectivity index (χ0v) is 21.1. The summed E-state index contributed by atoms with van der Waals surface area (Å²) >= 11 is 0. The highest BCUT2D eigenvalue weighted by Gasteiger charge is 2.30. The summed E-state index contributed by atoms with van der Waals surface area (Å²) in [6, 6.07) is 10.9. The van der Waals surface area contributed by atoms with E-state index in [9.17, 15) is 14.4 Å². The highest BCUT2D eigenvalue weighted by atomic mass is 16.5. The standard InChI is InChI=1S/C26H33N5O6/c1-15-6-4-5-7-20(15)30-26(35)31-21-9-8-17(11-23(21)36-3)10-18(32)13-28-14-24-29-22(16(2)37-24)12-19(27)25(33)34/h4-9,11,16,19,22,28H,10,12-14,27H2,1-3H3,(H,33,34)(H2,30,31,35). The third-order valence-electron chi connectivity index (χ3n) is 5.89. The van der Waals surface area contributed by atoms with Gasteiger partial charge in [-0.2, -0.15) is 0 Å². The van der Waals surface area contributed by atoms with Gasteiger partial charge in [0, 0.05) is 12.1 Å². The van der Waals surface area contributed by atoms with Gasteiger partial charge in [0.05, 0.1) is 31.9 Å². The molecule has 3 atom stereocenters. The quantitative estimate of drug-likeness (QED) is 0.290. The Balaban J connectivity index is 1.48. The molecule has 11 nitrogen and oxygen atoms in total. The van der Waals surface area contributed by atoms with E-state index in [4.69, 9.17) is 20.3 Å². The highest BCUT2D eigenvalue weighted by molar-refractivity contribution is 6.01. The molecular weight excluding hydrogens is 478 g/mol. The molecule has 1 aliphatic rings. The predicted octanol–water partition coefficient (Wildman–Crippen LogP) is 2.34. The van der Waals surface area contributed by atoms with Crippen LogP contribution < -0.4 is 26.4 Å². The molecule has 0 spiro atoms. The Hall–Kier alpha value is -3.96. The van der Waals surface area contributed by atoms with E-state index in [0.717, 1.165) is 11.1 Å². The first-order chi connectivity index (χ1) is 17.7. The van der Waals surface area contributed by atoms with Gasteiger partial charge in [-0.1, -0.05) is 24.3 Å². The smallest absolute Gasteiger partial charge is 0.323 e. The number of carboxylic acids is 1. The number of Topliss-reactive ketones (excluding diaryl/α,β-unsaturated/α-hetero) is 1. The maximum absolute atomic E-state index is 12.5. The van der Waals surface area contributed by atoms with Crippen LogP contribution in [0.1, 0.15) is 24.5 Å². The van der Waals surface area contributed by atoms with Gasteiger partial charge in [-0.15, -0.1) is 0 Å². The molecule has 2 amide bonds. The largest absolute Gasteiger partial charge is 0.495 e. The molecule has 198 valence electrons. The number of ketones is 1. The molecule has 0 radical (unpaired) electrons. The van der Waals surface area contributed by atoms with Crippen molar-refractivity contribution in [2.24, 2.45) is 10.7 Å². The van der Waals surface area contributed by atoms with E-state index in [1.807, 2.05) is 31.2 Å². The Labute approximate surface area is 215 Å². The van der Waals surface area contributed by atoms with Gasteiger partial charge in [0.2, 0.25) is 0 Å². The molecule has 37 heavy (non-hydrogen) atoms. The summed E-state index contributed by atoms with van der Waals surface area (Å²) in [5.74, 6) is -0.280. The Morgan fingerprint density at radius 1 is 1.16 bits per heavy atom. The number of aryl methyl sites for hydroxylation is 1. The number of carboxylic acid groups (broad SMARTS) is 1. The Morgan fingerprint density at radius 3 is 2.59 bits per heavy atom. The van der Waals surface area contributed by atoms with Crippen LogP contribution in [-0.2, 0) is 20.7 Å². The van der Waals surface area contributed by atoms with Crippen molar-refractivity contribution in [2.75, 3.05) is 30.8 Å². The fourth-order valence-electron chi connectivity index (χ4n) is 3.84. The van der Waals surface area contributed by atoms with Crippen molar-refractivity contribution in [3.8, 4) is 5.75 Å². The average Bonchev–Trinajstić information content (AvgIpc) is 3.20. The van der Waals surface area contributed by atoms with Crippen LogP contribution in [0.2, 0.25) is 0 Å². The summed E-state index contributed by atoms with van der Waals surface area (Å²) in [4.78, 5) is 40.3. The van der Waals surface area contributed by atoms with Gasteiger partial charge in [0.15, 0.2) is 11.7 Å². The first-order valence-electron chi connectivity index (χ1n) is 11.9. The minimum Gasteiger partial charge on any atom is -0.495 e. The third kappa shape index (κ3) is 8.02. The van der Waals surface area contributed by atoms with Gasteiger partial charge in [-0.3, -0.25) is 9.59 Å². The van der Waals surface area contributed by atoms with Gasteiger partial charge in [0.1, 0.15) is 17.9 Å². The first kappa shape index (κ1) is 27.6. The van der Waals surface area contributed by atoms with Gasteiger partial charge in [-0.25, -0.2) is 9.79 Å². The van der Waals surface area contributed by atoms with E-state index in [0.29, 0.717) is 23.0 Å². The second-order valence-electron chi connectivity index (χ2n) is 8.84. The van der Waals surface area contributed by atoms with Gasteiger partial charge in [0.25, 0.3) is 0 Å². The highest BCUT2D eigenvalue weighted by Crippen LogP contribution is 2.26. The second-order valence-corrected chi connectivity index (χ2v) is 8.84. The predicted molar refractivity (Wildman–Crippen MR) is 140 cm³/mol. The number of nitrogens with two attached hydrogens (primary N) is 1. The summed E-state index contributed by atoms with van der Waals surface area (Å²) < 4.78 is 11.1. The van der Waals surface area contributed by atoms with Crippen LogP contribution in [0.15, 0.2) is 47.5 Å². The van der Waals surface area contributed by atoms with Crippen molar-refractivity contribution in [3.05, 3.63) is 53.6 Å². The zero-order chi connectivity index (χ0) is 26.9. The monoisotopic (exact) mass is 511 g/mol. The molecule has 6 N–H and O–H groups in total. The number of urea groups is 1. The van der Waals surface area contributed by atoms with E-state index in [1.54, 1.807) is 25.1 Å². The molecule has 0 bridgehead atoms. The minimum atomic E-state index is -1.08. The van der Waals surface area contributed by atoms with Crippen molar-refractivity contribution < 1.29 is 29.0 Å². The van der Waals surface area contributed by atoms with Crippen molar-refractivity contribution in [3.63, 3.8) is 0 Å². The summed E-state index contributed by atoms with van der Waals surface area (Å²) in [7, 11) is 1.49. The van der Waals surface area contributed by atoms with Crippen LogP contribution in [0.4, 0.5) is 16.2 Å². The molecule has 1 aliphatic heterocycles. The van der Waals surface area contributed by atoms with Crippen LogP contribution in [-0.4, -0.2) is 67.2 Å². The molecule has 1 heterocycles. The lowest BCUT2D eigenvalue weighted by Gasteiger charge is -2.14. The number of nitrogens with one attached hydrogen (secondary N) is 3. The topological polar surface area (TPSA) is 164 Å². The summed E-state index contributed by atoms with van der Waals surface area (Å²) in [6.45, 7) is 4.05. The van der Waals surface area contributed by atoms with E-state index in [-0.39, 0.29) is 43.9 Å². The minimum absolute atomic E-state index is 0.0591. The van der Waals surface area contributed by atoms with E-state index in [1.165, 1.54) is 7.11 Å². The lowest BCUT2D eigenvalue weighted by Crippen LogP contribution is -2.36. The second kappa shape index (κ2) is 12.8. The molecule has 0 aliphatic carbocycles. The van der Waals surface area contributed by atoms with Crippen LogP contribution in [0.25, 0.3) is 0 Å². The maximum atomic E-state index is 12.5. The summed E-state index contributed by atoms with van der Waals surface area (Å²) in [5, 5.41) is 17.6. The lowest BCUT2D eigenvalue weighted by atomic mass is 10.0. The number of aliphatic imine (C=N–C) groups is 1. The van der Waals surface area contributed by atoms with E-state index >= 15 is 0 Å². The van der Waals surface area contributed by atoms with Crippen LogP contribution in [0, 0.1) is 6.92 Å². The number of ether oxygens (including phenoxy) is 2. The number of carbonyl (C=O) groups excluding carboxylic acids is 2. The van der Waals surface area contributed by atoms with Crippen LogP contribution in [0.5, 0.6) is 5.75 Å². The van der Waals surface area contributed by atoms with Gasteiger partial charge >= 0.3 is 12.0 Å². The molecule has 3 unspecified atom stereocenters. The van der Waals surface area contributed by atoms with Crippen molar-refractivity contribution >= 4 is 35.1 Å². The fourth-order valence-corrected chi connectivity index (χ4v) is 3.84. The van der Waals surface area contributed by atoms with Gasteiger partial charge in [-0.05, 0) is 49.6 Å². The zero-order valence-electron chi connectivity index (χ0n) is 21.1. The lowest BCUT2D eigenvalue weighted by molar-refractivity contribution is -0.138. The molecular formula is C26H33N5O6. The van der Waals surface area contributed by atoms with Crippen molar-refractivity contribution in [1.82, 2.24) is 5.32 Å². The number of hydrogen-bond donors (Lipinski definition) is 5. The third-order valence-corrected chi connectivity index (χ3v) is 5.89. The van der Waals surface area contributed by atoms with Gasteiger partial charge < -0.3 is 36.3 Å². The van der Waals surface area contributed by atoms with E-state index in [2.05, 4.69) is 20.9 Å². The Bertz CT molecular complexity index is 1170. The Morgan fingerprint density at radius 2 is 1.89 bits per heavy atom. The number of aliphatic carboxylic acids is 1. The normalized spacial score (nSPS) is 17.4. The number of para-hydroxylation sites is 1. The van der Waals surface area contributed by atoms with E-state index < -0.39 is 18.0 Å². The van der Waals surface area contributed by atoms with Crippen LogP contribution >= 0.6 is 0 Å². The number of amides is 2. The molecule has 2 aromatic carbocycles. The van der Waals surface area contributed by atoms with Crippen LogP contribution in [0.3, 0.4) is 0 Å². The molecule has 0 saturated carbocycles. The summed E-state index contributed by atoms with van der Waals surface area (Å²) in [6.07, 6.45) is 0.0641. The number of hydrogen-bond acceptors (Lipinski definition) is 8. The Kier molecular flexibility index (Phi) is 9.58. The number of methoxy groups -OCH3 is 1. The number of nitrogens with zero attached hydrogens (tertiary/aromatic N) is 1.